The number of furan rings is 1. The largest absolute Gasteiger partial charge is 0.466 e. The van der Waals surface area contributed by atoms with E-state index in [-0.39, 0.29) is 23.8 Å². The van der Waals surface area contributed by atoms with Gasteiger partial charge >= 0.3 is 0 Å². The van der Waals surface area contributed by atoms with Gasteiger partial charge in [-0.05, 0) is 37.7 Å². The lowest BCUT2D eigenvalue weighted by Crippen LogP contribution is -2.41. The number of aliphatic hydroxyl groups excluding tert-OH is 1. The Hall–Kier alpha value is -0.940. The van der Waals surface area contributed by atoms with Gasteiger partial charge in [0.1, 0.15) is 11.5 Å². The molecule has 1 aliphatic rings. The van der Waals surface area contributed by atoms with E-state index in [9.17, 15) is 9.90 Å². The van der Waals surface area contributed by atoms with E-state index >= 15 is 0 Å². The first-order valence-corrected chi connectivity index (χ1v) is 8.85. The van der Waals surface area contributed by atoms with Crippen LogP contribution in [0.2, 0.25) is 0 Å². The van der Waals surface area contributed by atoms with Crippen LogP contribution < -0.4 is 5.32 Å². The third-order valence-corrected chi connectivity index (χ3v) is 5.35. The molecule has 0 spiro atoms. The molecule has 118 valence electrons. The summed E-state index contributed by atoms with van der Waals surface area (Å²) in [6, 6.07) is 3.99. The number of carbonyl (C=O) groups is 1. The molecule has 0 aromatic carbocycles. The summed E-state index contributed by atoms with van der Waals surface area (Å²) < 4.78 is 5.80. The molecule has 1 aromatic heterocycles. The molecule has 0 aliphatic heterocycles. The summed E-state index contributed by atoms with van der Waals surface area (Å²) in [4.78, 5) is 11.9. The molecule has 2 rings (SSSR count). The van der Waals surface area contributed by atoms with Crippen molar-refractivity contribution in [3.8, 4) is 0 Å². The summed E-state index contributed by atoms with van der Waals surface area (Å²) >= 11 is 1.56. The fraction of sp³-hybridized carbons (Fsp3) is 0.688. The standard InChI is InChI=1S/C16H25NO3S/c1-10-8-13(10)14-6-4-12(20-14)5-7-16(19)17-11(2)15(9-18)21-3/h4,6,10-11,13,15,18H,5,7-9H2,1-3H3,(H,17,19). The Bertz CT molecular complexity index is 470. The lowest BCUT2D eigenvalue weighted by Gasteiger charge is -2.21. The Morgan fingerprint density at radius 2 is 2.29 bits per heavy atom. The van der Waals surface area contributed by atoms with Crippen LogP contribution in [0.25, 0.3) is 0 Å². The zero-order valence-corrected chi connectivity index (χ0v) is 13.8. The predicted molar refractivity (Wildman–Crippen MR) is 85.5 cm³/mol. The number of rotatable bonds is 8. The molecule has 21 heavy (non-hydrogen) atoms. The third kappa shape index (κ3) is 4.51. The minimum absolute atomic E-state index is 0.00717. The molecule has 0 saturated heterocycles. The second-order valence-corrected chi connectivity index (χ2v) is 7.01. The van der Waals surface area contributed by atoms with Gasteiger partial charge in [0.15, 0.2) is 0 Å². The monoisotopic (exact) mass is 311 g/mol. The van der Waals surface area contributed by atoms with Gasteiger partial charge in [-0.25, -0.2) is 0 Å². The number of hydrogen-bond acceptors (Lipinski definition) is 4. The Morgan fingerprint density at radius 3 is 2.86 bits per heavy atom. The molecule has 1 fully saturated rings. The third-order valence-electron chi connectivity index (χ3n) is 4.18. The van der Waals surface area contributed by atoms with Crippen molar-refractivity contribution < 1.29 is 14.3 Å². The molecule has 1 aromatic rings. The Balaban J connectivity index is 1.74. The van der Waals surface area contributed by atoms with Crippen molar-refractivity contribution in [2.45, 2.75) is 50.3 Å². The van der Waals surface area contributed by atoms with Gasteiger partial charge in [0.05, 0.1) is 6.61 Å². The zero-order chi connectivity index (χ0) is 15.4. The summed E-state index contributed by atoms with van der Waals surface area (Å²) in [5, 5.41) is 12.2. The molecule has 2 N–H and O–H groups in total. The molecular weight excluding hydrogens is 286 g/mol. The second-order valence-electron chi connectivity index (χ2n) is 5.94. The van der Waals surface area contributed by atoms with Crippen LogP contribution in [0.1, 0.15) is 44.1 Å². The van der Waals surface area contributed by atoms with Gasteiger partial charge in [-0.2, -0.15) is 11.8 Å². The topological polar surface area (TPSA) is 62.5 Å². The lowest BCUT2D eigenvalue weighted by molar-refractivity contribution is -0.121. The first-order chi connectivity index (χ1) is 10.0. The van der Waals surface area contributed by atoms with E-state index in [2.05, 4.69) is 12.2 Å². The molecule has 4 unspecified atom stereocenters. The summed E-state index contributed by atoms with van der Waals surface area (Å²) in [6.07, 6.45) is 4.20. The Morgan fingerprint density at radius 1 is 1.57 bits per heavy atom. The maximum Gasteiger partial charge on any atom is 0.220 e. The summed E-state index contributed by atoms with van der Waals surface area (Å²) in [5.74, 6) is 3.27. The van der Waals surface area contributed by atoms with Crippen LogP contribution in [0.15, 0.2) is 16.5 Å². The van der Waals surface area contributed by atoms with Gasteiger partial charge in [-0.3, -0.25) is 4.79 Å². The molecule has 5 heteroatoms. The van der Waals surface area contributed by atoms with Gasteiger partial charge in [0, 0.05) is 30.1 Å². The molecule has 1 heterocycles. The SMILES string of the molecule is CSC(CO)C(C)NC(=O)CCc1ccc(C2CC2C)o1. The van der Waals surface area contributed by atoms with Gasteiger partial charge < -0.3 is 14.8 Å². The summed E-state index contributed by atoms with van der Waals surface area (Å²) in [5.41, 5.74) is 0. The highest BCUT2D eigenvalue weighted by molar-refractivity contribution is 7.99. The van der Waals surface area contributed by atoms with E-state index in [4.69, 9.17) is 4.42 Å². The molecule has 1 saturated carbocycles. The number of aliphatic hydroxyl groups is 1. The van der Waals surface area contributed by atoms with Gasteiger partial charge in [0.25, 0.3) is 0 Å². The van der Waals surface area contributed by atoms with Crippen molar-refractivity contribution in [3.05, 3.63) is 23.7 Å². The molecule has 0 radical (unpaired) electrons. The van der Waals surface area contributed by atoms with Crippen LogP contribution in [-0.4, -0.2) is 35.2 Å². The lowest BCUT2D eigenvalue weighted by atomic mass is 10.2. The highest BCUT2D eigenvalue weighted by atomic mass is 32.2. The molecule has 4 atom stereocenters. The number of nitrogens with one attached hydrogen (secondary N) is 1. The van der Waals surface area contributed by atoms with Crippen LogP contribution in [0.5, 0.6) is 0 Å². The van der Waals surface area contributed by atoms with E-state index in [0.29, 0.717) is 18.8 Å². The minimum Gasteiger partial charge on any atom is -0.466 e. The summed E-state index contributed by atoms with van der Waals surface area (Å²) in [6.45, 7) is 4.23. The van der Waals surface area contributed by atoms with E-state index in [1.54, 1.807) is 11.8 Å². The fourth-order valence-electron chi connectivity index (χ4n) is 2.54. The van der Waals surface area contributed by atoms with Crippen LogP contribution in [0.3, 0.4) is 0 Å². The molecule has 4 nitrogen and oxygen atoms in total. The number of carbonyl (C=O) groups excluding carboxylic acids is 1. The quantitative estimate of drug-likeness (QED) is 0.774. The van der Waals surface area contributed by atoms with Crippen LogP contribution in [0.4, 0.5) is 0 Å². The van der Waals surface area contributed by atoms with Gasteiger partial charge in [-0.15, -0.1) is 0 Å². The number of aryl methyl sites for hydroxylation is 1. The number of thioether (sulfide) groups is 1. The molecule has 1 amide bonds. The predicted octanol–water partition coefficient (Wildman–Crippen LogP) is 2.56. The van der Waals surface area contributed by atoms with Gasteiger partial charge in [0.2, 0.25) is 5.91 Å². The van der Waals surface area contributed by atoms with Crippen molar-refractivity contribution in [2.24, 2.45) is 5.92 Å². The molecular formula is C16H25NO3S. The Kier molecular flexibility index (Phi) is 5.76. The number of hydrogen-bond donors (Lipinski definition) is 2. The fourth-order valence-corrected chi connectivity index (χ4v) is 3.16. The maximum atomic E-state index is 11.9. The summed E-state index contributed by atoms with van der Waals surface area (Å²) in [7, 11) is 0. The van der Waals surface area contributed by atoms with Crippen molar-refractivity contribution in [3.63, 3.8) is 0 Å². The van der Waals surface area contributed by atoms with Crippen molar-refractivity contribution in [2.75, 3.05) is 12.9 Å². The normalized spacial score (nSPS) is 23.6. The van der Waals surface area contributed by atoms with E-state index < -0.39 is 0 Å². The van der Waals surface area contributed by atoms with Crippen molar-refractivity contribution >= 4 is 17.7 Å². The average molecular weight is 311 g/mol. The molecule has 0 bridgehead atoms. The number of amides is 1. The molecule has 1 aliphatic carbocycles. The van der Waals surface area contributed by atoms with Crippen LogP contribution in [0, 0.1) is 5.92 Å². The Labute approximate surface area is 130 Å². The highest BCUT2D eigenvalue weighted by Crippen LogP contribution is 2.47. The van der Waals surface area contributed by atoms with Gasteiger partial charge in [-0.1, -0.05) is 6.92 Å². The maximum absolute atomic E-state index is 11.9. The van der Waals surface area contributed by atoms with E-state index in [1.807, 2.05) is 25.3 Å². The minimum atomic E-state index is -0.0306. The van der Waals surface area contributed by atoms with Crippen molar-refractivity contribution in [1.82, 2.24) is 5.32 Å². The van der Waals surface area contributed by atoms with Crippen LogP contribution >= 0.6 is 11.8 Å². The zero-order valence-electron chi connectivity index (χ0n) is 13.0. The smallest absolute Gasteiger partial charge is 0.220 e. The average Bonchev–Trinajstić information content (AvgIpc) is 3.01. The van der Waals surface area contributed by atoms with Crippen molar-refractivity contribution in [1.29, 1.82) is 0 Å². The highest BCUT2D eigenvalue weighted by Gasteiger charge is 2.36. The van der Waals surface area contributed by atoms with E-state index in [1.165, 1.54) is 6.42 Å². The first-order valence-electron chi connectivity index (χ1n) is 7.56. The first kappa shape index (κ1) is 16.4. The second kappa shape index (κ2) is 7.36. The van der Waals surface area contributed by atoms with Crippen LogP contribution in [-0.2, 0) is 11.2 Å². The van der Waals surface area contributed by atoms with E-state index in [0.717, 1.165) is 17.4 Å².